The fraction of sp³-hybridized carbons (Fsp3) is 0.462. The average Bonchev–Trinajstić information content (AvgIpc) is 2.41. The molecule has 1 saturated heterocycles. The van der Waals surface area contributed by atoms with Crippen molar-refractivity contribution >= 4 is 33.4 Å². The van der Waals surface area contributed by atoms with Gasteiger partial charge in [0, 0.05) is 18.4 Å². The first-order valence-corrected chi connectivity index (χ1v) is 7.45. The van der Waals surface area contributed by atoms with Crippen molar-refractivity contribution in [3.63, 3.8) is 0 Å². The number of likely N-dealkylation sites (tertiary alicyclic amines) is 1. The van der Waals surface area contributed by atoms with Crippen LogP contribution in [0.2, 0.25) is 5.02 Å². The Morgan fingerprint density at radius 3 is 2.72 bits per heavy atom. The van der Waals surface area contributed by atoms with E-state index in [1.54, 1.807) is 11.0 Å². The van der Waals surface area contributed by atoms with Crippen molar-refractivity contribution in [2.75, 3.05) is 18.4 Å². The lowest BCUT2D eigenvalue weighted by molar-refractivity contribution is 0.0699. The van der Waals surface area contributed by atoms with Crippen molar-refractivity contribution in [1.82, 2.24) is 4.90 Å². The maximum Gasteiger partial charge on any atom is 0.255 e. The lowest BCUT2D eigenvalue weighted by atomic mass is 9.98. The van der Waals surface area contributed by atoms with Crippen LogP contribution in [0.4, 0.5) is 0 Å². The van der Waals surface area contributed by atoms with Gasteiger partial charge in [-0.15, -0.1) is 0 Å². The molecule has 98 valence electrons. The summed E-state index contributed by atoms with van der Waals surface area (Å²) in [4.78, 5) is 14.1. The second kappa shape index (κ2) is 5.93. The van der Waals surface area contributed by atoms with Gasteiger partial charge in [0.25, 0.3) is 5.91 Å². The Balaban J connectivity index is 2.10. The van der Waals surface area contributed by atoms with Gasteiger partial charge in [-0.25, -0.2) is 0 Å². The summed E-state index contributed by atoms with van der Waals surface area (Å²) in [5.41, 5.74) is 0.383. The fourth-order valence-corrected chi connectivity index (χ4v) is 2.98. The number of nitrogens with zero attached hydrogens (tertiary/aromatic N) is 1. The van der Waals surface area contributed by atoms with E-state index in [0.717, 1.165) is 31.3 Å². The molecule has 0 atom stereocenters. The van der Waals surface area contributed by atoms with Crippen LogP contribution < -0.4 is 0 Å². The molecule has 0 unspecified atom stereocenters. The van der Waals surface area contributed by atoms with Crippen LogP contribution in [-0.4, -0.2) is 34.3 Å². The first-order chi connectivity index (χ1) is 8.61. The maximum atomic E-state index is 12.3. The van der Waals surface area contributed by atoms with E-state index in [0.29, 0.717) is 16.5 Å². The number of hydrogen-bond donors (Lipinski definition) is 1. The van der Waals surface area contributed by atoms with Gasteiger partial charge in [0.1, 0.15) is 5.75 Å². The predicted octanol–water partition coefficient (Wildman–Crippen LogP) is 3.29. The van der Waals surface area contributed by atoms with Crippen molar-refractivity contribution in [2.45, 2.75) is 12.8 Å². The first-order valence-electron chi connectivity index (χ1n) is 5.95. The van der Waals surface area contributed by atoms with Crippen molar-refractivity contribution in [1.29, 1.82) is 0 Å². The third-order valence-electron chi connectivity index (χ3n) is 3.30. The summed E-state index contributed by atoms with van der Waals surface area (Å²) in [7, 11) is 0. The zero-order chi connectivity index (χ0) is 13.1. The number of halogens is 2. The topological polar surface area (TPSA) is 40.5 Å². The molecule has 1 aromatic carbocycles. The van der Waals surface area contributed by atoms with Gasteiger partial charge in [0.2, 0.25) is 0 Å². The van der Waals surface area contributed by atoms with Crippen LogP contribution in [0.3, 0.4) is 0 Å². The molecule has 0 radical (unpaired) electrons. The minimum Gasteiger partial charge on any atom is -0.508 e. The molecule has 1 heterocycles. The average molecular weight is 333 g/mol. The molecule has 0 aliphatic carbocycles. The second-order valence-electron chi connectivity index (χ2n) is 4.55. The SMILES string of the molecule is O=C(c1cc(O)ccc1Cl)N1CCC(CBr)CC1. The van der Waals surface area contributed by atoms with Crippen LogP contribution in [0.5, 0.6) is 5.75 Å². The Labute approximate surface area is 120 Å². The molecular weight excluding hydrogens is 318 g/mol. The van der Waals surface area contributed by atoms with Gasteiger partial charge < -0.3 is 10.0 Å². The molecule has 1 fully saturated rings. The zero-order valence-electron chi connectivity index (χ0n) is 9.90. The molecule has 1 aliphatic rings. The number of aromatic hydroxyl groups is 1. The molecule has 0 saturated carbocycles. The van der Waals surface area contributed by atoms with E-state index >= 15 is 0 Å². The van der Waals surface area contributed by atoms with Gasteiger partial charge in [-0.05, 0) is 37.0 Å². The standard InChI is InChI=1S/C13H15BrClNO2/c14-8-9-3-5-16(6-4-9)13(18)11-7-10(17)1-2-12(11)15/h1-2,7,9,17H,3-6,8H2. The number of rotatable bonds is 2. The minimum atomic E-state index is -0.0936. The van der Waals surface area contributed by atoms with Crippen LogP contribution in [0.15, 0.2) is 18.2 Å². The summed E-state index contributed by atoms with van der Waals surface area (Å²) in [5.74, 6) is 0.621. The van der Waals surface area contributed by atoms with Crippen molar-refractivity contribution in [2.24, 2.45) is 5.92 Å². The summed E-state index contributed by atoms with van der Waals surface area (Å²) in [6, 6.07) is 4.47. The summed E-state index contributed by atoms with van der Waals surface area (Å²) < 4.78 is 0. The van der Waals surface area contributed by atoms with Crippen molar-refractivity contribution in [3.8, 4) is 5.75 Å². The molecule has 0 bridgehead atoms. The largest absolute Gasteiger partial charge is 0.508 e. The van der Waals surface area contributed by atoms with E-state index in [-0.39, 0.29) is 11.7 Å². The second-order valence-corrected chi connectivity index (χ2v) is 5.61. The number of phenolic OH excluding ortho intramolecular Hbond substituents is 1. The third-order valence-corrected chi connectivity index (χ3v) is 4.55. The van der Waals surface area contributed by atoms with Crippen LogP contribution >= 0.6 is 27.5 Å². The highest BCUT2D eigenvalue weighted by Crippen LogP contribution is 2.25. The molecule has 18 heavy (non-hydrogen) atoms. The summed E-state index contributed by atoms with van der Waals surface area (Å²) in [6.07, 6.45) is 2.01. The number of carbonyl (C=O) groups is 1. The van der Waals surface area contributed by atoms with E-state index in [4.69, 9.17) is 11.6 Å². The maximum absolute atomic E-state index is 12.3. The number of phenols is 1. The number of hydrogen-bond acceptors (Lipinski definition) is 2. The zero-order valence-corrected chi connectivity index (χ0v) is 12.2. The number of benzene rings is 1. The molecule has 0 aromatic heterocycles. The lowest BCUT2D eigenvalue weighted by Gasteiger charge is -2.31. The molecule has 1 aliphatic heterocycles. The highest BCUT2D eigenvalue weighted by molar-refractivity contribution is 9.09. The Kier molecular flexibility index (Phi) is 4.51. The summed E-state index contributed by atoms with van der Waals surface area (Å²) in [5, 5.41) is 10.8. The van der Waals surface area contributed by atoms with Crippen molar-refractivity contribution in [3.05, 3.63) is 28.8 Å². The first kappa shape index (κ1) is 13.7. The summed E-state index contributed by atoms with van der Waals surface area (Å²) >= 11 is 9.48. The van der Waals surface area contributed by atoms with Gasteiger partial charge in [-0.1, -0.05) is 27.5 Å². The Bertz CT molecular complexity index is 445. The monoisotopic (exact) mass is 331 g/mol. The van der Waals surface area contributed by atoms with Gasteiger partial charge in [0.15, 0.2) is 0 Å². The smallest absolute Gasteiger partial charge is 0.255 e. The highest BCUT2D eigenvalue weighted by atomic mass is 79.9. The Hall–Kier alpha value is -0.740. The Morgan fingerprint density at radius 2 is 2.11 bits per heavy atom. The molecular formula is C13H15BrClNO2. The quantitative estimate of drug-likeness (QED) is 0.844. The van der Waals surface area contributed by atoms with Crippen LogP contribution in [0.25, 0.3) is 0 Å². The van der Waals surface area contributed by atoms with E-state index in [1.165, 1.54) is 12.1 Å². The van der Waals surface area contributed by atoms with Gasteiger partial charge in [-0.2, -0.15) is 0 Å². The number of alkyl halides is 1. The number of piperidine rings is 1. The van der Waals surface area contributed by atoms with Crippen LogP contribution in [-0.2, 0) is 0 Å². The fourth-order valence-electron chi connectivity index (χ4n) is 2.14. The predicted molar refractivity (Wildman–Crippen MR) is 75.5 cm³/mol. The molecule has 0 spiro atoms. The highest BCUT2D eigenvalue weighted by Gasteiger charge is 2.24. The molecule has 5 heteroatoms. The Morgan fingerprint density at radius 1 is 1.44 bits per heavy atom. The third kappa shape index (κ3) is 2.98. The van der Waals surface area contributed by atoms with E-state index in [1.807, 2.05) is 0 Å². The molecule has 1 N–H and O–H groups in total. The summed E-state index contributed by atoms with van der Waals surface area (Å²) in [6.45, 7) is 1.50. The van der Waals surface area contributed by atoms with Gasteiger partial charge in [-0.3, -0.25) is 4.79 Å². The minimum absolute atomic E-state index is 0.0677. The molecule has 1 amide bonds. The normalized spacial score (nSPS) is 16.9. The van der Waals surface area contributed by atoms with Crippen molar-refractivity contribution < 1.29 is 9.90 Å². The number of carbonyl (C=O) groups excluding carboxylic acids is 1. The van der Waals surface area contributed by atoms with E-state index in [2.05, 4.69) is 15.9 Å². The molecule has 1 aromatic rings. The van der Waals surface area contributed by atoms with E-state index < -0.39 is 0 Å². The molecule has 3 nitrogen and oxygen atoms in total. The lowest BCUT2D eigenvalue weighted by Crippen LogP contribution is -2.38. The van der Waals surface area contributed by atoms with Crippen LogP contribution in [0, 0.1) is 5.92 Å². The number of amides is 1. The van der Waals surface area contributed by atoms with Gasteiger partial charge >= 0.3 is 0 Å². The van der Waals surface area contributed by atoms with Gasteiger partial charge in [0.05, 0.1) is 10.6 Å². The van der Waals surface area contributed by atoms with Crippen LogP contribution in [0.1, 0.15) is 23.2 Å². The molecule has 2 rings (SSSR count). The van der Waals surface area contributed by atoms with E-state index in [9.17, 15) is 9.90 Å².